The van der Waals surface area contributed by atoms with Crippen LogP contribution in [0.2, 0.25) is 5.02 Å². The van der Waals surface area contributed by atoms with Gasteiger partial charge in [0.1, 0.15) is 0 Å². The first-order chi connectivity index (χ1) is 10.1. The number of benzene rings is 2. The Hall–Kier alpha value is -1.84. The van der Waals surface area contributed by atoms with Gasteiger partial charge >= 0.3 is 0 Å². The lowest BCUT2D eigenvalue weighted by Crippen LogP contribution is -2.35. The van der Waals surface area contributed by atoms with E-state index in [9.17, 15) is 4.79 Å². The van der Waals surface area contributed by atoms with E-state index in [1.54, 1.807) is 0 Å². The van der Waals surface area contributed by atoms with Gasteiger partial charge < -0.3 is 11.1 Å². The van der Waals surface area contributed by atoms with E-state index in [1.807, 2.05) is 61.5 Å². The highest BCUT2D eigenvalue weighted by molar-refractivity contribution is 6.31. The normalized spacial score (nSPS) is 13.5. The maximum absolute atomic E-state index is 12.2. The third-order valence-corrected chi connectivity index (χ3v) is 3.92. The SMILES string of the molecule is CC(C(=O)NCc1ccccc1Cl)C(N)c1ccccc1. The second-order valence-corrected chi connectivity index (χ2v) is 5.44. The molecular weight excluding hydrogens is 284 g/mol. The highest BCUT2D eigenvalue weighted by Crippen LogP contribution is 2.20. The first-order valence-corrected chi connectivity index (χ1v) is 7.29. The lowest BCUT2D eigenvalue weighted by Gasteiger charge is -2.20. The minimum absolute atomic E-state index is 0.0775. The summed E-state index contributed by atoms with van der Waals surface area (Å²) >= 11 is 6.07. The van der Waals surface area contributed by atoms with Gasteiger partial charge in [-0.2, -0.15) is 0 Å². The molecule has 1 amide bonds. The zero-order chi connectivity index (χ0) is 15.2. The minimum Gasteiger partial charge on any atom is -0.352 e. The Morgan fingerprint density at radius 3 is 2.43 bits per heavy atom. The van der Waals surface area contributed by atoms with Crippen LogP contribution in [-0.4, -0.2) is 5.91 Å². The van der Waals surface area contributed by atoms with Crippen molar-refractivity contribution in [2.45, 2.75) is 19.5 Å². The van der Waals surface area contributed by atoms with Gasteiger partial charge in [-0.15, -0.1) is 0 Å². The van der Waals surface area contributed by atoms with Crippen molar-refractivity contribution in [1.29, 1.82) is 0 Å². The molecule has 2 aromatic carbocycles. The zero-order valence-corrected chi connectivity index (χ0v) is 12.7. The maximum Gasteiger partial charge on any atom is 0.225 e. The average Bonchev–Trinajstić information content (AvgIpc) is 2.53. The van der Waals surface area contributed by atoms with Gasteiger partial charge in [-0.3, -0.25) is 4.79 Å². The molecule has 2 rings (SSSR count). The molecule has 0 radical (unpaired) electrons. The molecule has 2 unspecified atom stereocenters. The van der Waals surface area contributed by atoms with Gasteiger partial charge in [0.15, 0.2) is 0 Å². The molecular formula is C17H19ClN2O. The van der Waals surface area contributed by atoms with Crippen molar-refractivity contribution in [2.24, 2.45) is 11.7 Å². The second-order valence-electron chi connectivity index (χ2n) is 5.03. The van der Waals surface area contributed by atoms with Gasteiger partial charge in [0.2, 0.25) is 5.91 Å². The summed E-state index contributed by atoms with van der Waals surface area (Å²) in [5.74, 6) is -0.388. The van der Waals surface area contributed by atoms with Crippen LogP contribution in [0.1, 0.15) is 24.1 Å². The highest BCUT2D eigenvalue weighted by Gasteiger charge is 2.21. The van der Waals surface area contributed by atoms with Crippen molar-refractivity contribution in [2.75, 3.05) is 0 Å². The van der Waals surface area contributed by atoms with Crippen LogP contribution in [0.15, 0.2) is 54.6 Å². The molecule has 0 heterocycles. The first-order valence-electron chi connectivity index (χ1n) is 6.91. The number of halogens is 1. The van der Waals surface area contributed by atoms with E-state index in [0.717, 1.165) is 11.1 Å². The fourth-order valence-electron chi connectivity index (χ4n) is 2.11. The van der Waals surface area contributed by atoms with E-state index in [4.69, 9.17) is 17.3 Å². The van der Waals surface area contributed by atoms with Crippen LogP contribution >= 0.6 is 11.6 Å². The van der Waals surface area contributed by atoms with E-state index in [-0.39, 0.29) is 17.9 Å². The molecule has 0 bridgehead atoms. The highest BCUT2D eigenvalue weighted by atomic mass is 35.5. The van der Waals surface area contributed by atoms with Gasteiger partial charge in [0.05, 0.1) is 5.92 Å². The maximum atomic E-state index is 12.2. The van der Waals surface area contributed by atoms with Crippen LogP contribution in [-0.2, 0) is 11.3 Å². The molecule has 21 heavy (non-hydrogen) atoms. The van der Waals surface area contributed by atoms with Crippen molar-refractivity contribution in [3.05, 3.63) is 70.7 Å². The third kappa shape index (κ3) is 4.06. The predicted octanol–water partition coefficient (Wildman–Crippen LogP) is 3.29. The number of carbonyl (C=O) groups is 1. The van der Waals surface area contributed by atoms with Crippen molar-refractivity contribution in [1.82, 2.24) is 5.32 Å². The molecule has 0 saturated heterocycles. The molecule has 0 aromatic heterocycles. The molecule has 110 valence electrons. The van der Waals surface area contributed by atoms with E-state index < -0.39 is 0 Å². The number of hydrogen-bond acceptors (Lipinski definition) is 2. The fraction of sp³-hybridized carbons (Fsp3) is 0.235. The summed E-state index contributed by atoms with van der Waals surface area (Å²) in [6, 6.07) is 16.8. The number of rotatable bonds is 5. The number of amides is 1. The quantitative estimate of drug-likeness (QED) is 0.890. The molecule has 0 aliphatic rings. The van der Waals surface area contributed by atoms with Crippen LogP contribution in [0, 0.1) is 5.92 Å². The van der Waals surface area contributed by atoms with E-state index >= 15 is 0 Å². The molecule has 2 atom stereocenters. The molecule has 0 aliphatic carbocycles. The third-order valence-electron chi connectivity index (χ3n) is 3.55. The Bertz CT molecular complexity index is 601. The molecule has 2 aromatic rings. The molecule has 3 nitrogen and oxygen atoms in total. The number of nitrogens with two attached hydrogens (primary N) is 1. The molecule has 0 spiro atoms. The molecule has 4 heteroatoms. The van der Waals surface area contributed by atoms with Gasteiger partial charge in [-0.05, 0) is 17.2 Å². The van der Waals surface area contributed by atoms with Crippen molar-refractivity contribution >= 4 is 17.5 Å². The molecule has 3 N–H and O–H groups in total. The van der Waals surface area contributed by atoms with Gasteiger partial charge in [0.25, 0.3) is 0 Å². The largest absolute Gasteiger partial charge is 0.352 e. The van der Waals surface area contributed by atoms with Gasteiger partial charge in [-0.1, -0.05) is 67.1 Å². The Kier molecular flexibility index (Phi) is 5.37. The number of hydrogen-bond donors (Lipinski definition) is 2. The fourth-order valence-corrected chi connectivity index (χ4v) is 2.31. The van der Waals surface area contributed by atoms with E-state index in [1.165, 1.54) is 0 Å². The topological polar surface area (TPSA) is 55.1 Å². The summed E-state index contributed by atoms with van der Waals surface area (Å²) in [6.07, 6.45) is 0. The zero-order valence-electron chi connectivity index (χ0n) is 11.9. The Morgan fingerprint density at radius 1 is 1.14 bits per heavy atom. The van der Waals surface area contributed by atoms with Crippen LogP contribution in [0.3, 0.4) is 0 Å². The summed E-state index contributed by atoms with van der Waals surface area (Å²) in [7, 11) is 0. The van der Waals surface area contributed by atoms with E-state index in [2.05, 4.69) is 5.32 Å². The average molecular weight is 303 g/mol. The Labute approximate surface area is 130 Å². The molecule has 0 fully saturated rings. The van der Waals surface area contributed by atoms with Crippen molar-refractivity contribution < 1.29 is 4.79 Å². The summed E-state index contributed by atoms with van der Waals surface area (Å²) in [4.78, 5) is 12.2. The monoisotopic (exact) mass is 302 g/mol. The lowest BCUT2D eigenvalue weighted by molar-refractivity contribution is -0.125. The van der Waals surface area contributed by atoms with Gasteiger partial charge in [0, 0.05) is 17.6 Å². The minimum atomic E-state index is -0.322. The van der Waals surface area contributed by atoms with E-state index in [0.29, 0.717) is 11.6 Å². The predicted molar refractivity (Wildman–Crippen MR) is 85.8 cm³/mol. The van der Waals surface area contributed by atoms with Gasteiger partial charge in [-0.25, -0.2) is 0 Å². The van der Waals surface area contributed by atoms with Crippen LogP contribution in [0.25, 0.3) is 0 Å². The summed E-state index contributed by atoms with van der Waals surface area (Å²) in [5.41, 5.74) is 8.00. The summed E-state index contributed by atoms with van der Waals surface area (Å²) in [6.45, 7) is 2.24. The second kappa shape index (κ2) is 7.25. The number of carbonyl (C=O) groups excluding carboxylic acids is 1. The standard InChI is InChI=1S/C17H19ClN2O/c1-12(16(19)13-7-3-2-4-8-13)17(21)20-11-14-9-5-6-10-15(14)18/h2-10,12,16H,11,19H2,1H3,(H,20,21). The molecule has 0 aliphatic heterocycles. The smallest absolute Gasteiger partial charge is 0.225 e. The van der Waals surface area contributed by atoms with Crippen molar-refractivity contribution in [3.63, 3.8) is 0 Å². The summed E-state index contributed by atoms with van der Waals surface area (Å²) < 4.78 is 0. The number of nitrogens with one attached hydrogen (secondary N) is 1. The summed E-state index contributed by atoms with van der Waals surface area (Å²) in [5, 5.41) is 3.54. The Morgan fingerprint density at radius 2 is 1.76 bits per heavy atom. The lowest BCUT2D eigenvalue weighted by atomic mass is 9.94. The van der Waals surface area contributed by atoms with Crippen LogP contribution < -0.4 is 11.1 Å². The first kappa shape index (κ1) is 15.5. The van der Waals surface area contributed by atoms with Crippen LogP contribution in [0.4, 0.5) is 0 Å². The Balaban J connectivity index is 1.95. The van der Waals surface area contributed by atoms with Crippen LogP contribution in [0.5, 0.6) is 0 Å². The molecule has 0 saturated carbocycles. The van der Waals surface area contributed by atoms with Crippen molar-refractivity contribution in [3.8, 4) is 0 Å².